The van der Waals surface area contributed by atoms with Gasteiger partial charge in [-0.3, -0.25) is 0 Å². The number of benzene rings is 2. The first kappa shape index (κ1) is 19.3. The van der Waals surface area contributed by atoms with Gasteiger partial charge in [-0.2, -0.15) is 0 Å². The second-order valence-electron chi connectivity index (χ2n) is 6.06. The summed E-state index contributed by atoms with van der Waals surface area (Å²) in [6.45, 7) is 0.138. The zero-order valence-corrected chi connectivity index (χ0v) is 16.0. The topological polar surface area (TPSA) is 76.7 Å². The van der Waals surface area contributed by atoms with Crippen molar-refractivity contribution in [2.24, 2.45) is 0 Å². The van der Waals surface area contributed by atoms with Crippen LogP contribution in [0.2, 0.25) is 10.0 Å². The quantitative estimate of drug-likeness (QED) is 0.736. The molecule has 0 aromatic heterocycles. The molecule has 2 aromatic rings. The number of rotatable bonds is 4. The van der Waals surface area contributed by atoms with Crippen LogP contribution in [0.3, 0.4) is 0 Å². The van der Waals surface area contributed by atoms with Crippen molar-refractivity contribution in [2.45, 2.75) is 25.1 Å². The van der Waals surface area contributed by atoms with Gasteiger partial charge in [0.1, 0.15) is 12.6 Å². The van der Waals surface area contributed by atoms with Crippen LogP contribution >= 0.6 is 23.2 Å². The summed E-state index contributed by atoms with van der Waals surface area (Å²) >= 11 is 12.4. The highest BCUT2D eigenvalue weighted by atomic mass is 35.5. The number of fused-ring (bicyclic) bond motifs is 1. The standard InChI is InChI=1S/C19H18Cl2N2O4/c1-26-18(24)16-9-15(17-13(21)7-12(20)8-14(17)22-16)23-19(25)27-10-11-5-3-2-4-6-11/h2-8,15-16,22H,9-10H2,1H3,(H,23,25)/t15-,16+/m0/s1. The molecule has 0 radical (unpaired) electrons. The molecule has 0 bridgehead atoms. The predicted molar refractivity (Wildman–Crippen MR) is 103 cm³/mol. The molecule has 27 heavy (non-hydrogen) atoms. The van der Waals surface area contributed by atoms with Crippen molar-refractivity contribution in [1.82, 2.24) is 5.32 Å². The Bertz CT molecular complexity index is 845. The van der Waals surface area contributed by atoms with E-state index >= 15 is 0 Å². The fraction of sp³-hybridized carbons (Fsp3) is 0.263. The van der Waals surface area contributed by atoms with E-state index in [1.165, 1.54) is 7.11 Å². The number of hydrogen-bond donors (Lipinski definition) is 2. The van der Waals surface area contributed by atoms with Crippen LogP contribution in [0, 0.1) is 0 Å². The molecular weight excluding hydrogens is 391 g/mol. The first-order chi connectivity index (χ1) is 13.0. The fourth-order valence-electron chi connectivity index (χ4n) is 2.99. The van der Waals surface area contributed by atoms with Gasteiger partial charge in [0, 0.05) is 27.7 Å². The smallest absolute Gasteiger partial charge is 0.407 e. The van der Waals surface area contributed by atoms with Gasteiger partial charge >= 0.3 is 12.1 Å². The molecule has 0 aliphatic carbocycles. The minimum absolute atomic E-state index is 0.138. The highest BCUT2D eigenvalue weighted by Gasteiger charge is 2.34. The number of methoxy groups -OCH3 is 1. The Morgan fingerprint density at radius 1 is 1.22 bits per heavy atom. The van der Waals surface area contributed by atoms with Crippen LogP contribution < -0.4 is 10.6 Å². The van der Waals surface area contributed by atoms with Crippen molar-refractivity contribution in [3.05, 3.63) is 63.6 Å². The van der Waals surface area contributed by atoms with Gasteiger partial charge < -0.3 is 20.1 Å². The maximum absolute atomic E-state index is 12.3. The van der Waals surface area contributed by atoms with Crippen molar-refractivity contribution in [3.63, 3.8) is 0 Å². The molecule has 2 aromatic carbocycles. The average Bonchev–Trinajstić information content (AvgIpc) is 2.65. The van der Waals surface area contributed by atoms with Crippen molar-refractivity contribution < 1.29 is 19.1 Å². The Morgan fingerprint density at radius 2 is 1.96 bits per heavy atom. The van der Waals surface area contributed by atoms with Crippen LogP contribution in [0.5, 0.6) is 0 Å². The number of alkyl carbamates (subject to hydrolysis) is 1. The van der Waals surface area contributed by atoms with Crippen molar-refractivity contribution >= 4 is 41.0 Å². The van der Waals surface area contributed by atoms with Gasteiger partial charge in [0.05, 0.1) is 13.2 Å². The normalized spacial score (nSPS) is 18.0. The van der Waals surface area contributed by atoms with Crippen molar-refractivity contribution in [2.75, 3.05) is 12.4 Å². The number of anilines is 1. The van der Waals surface area contributed by atoms with Crippen LogP contribution in [-0.2, 0) is 20.9 Å². The zero-order valence-electron chi connectivity index (χ0n) is 14.5. The van der Waals surface area contributed by atoms with Crippen molar-refractivity contribution in [1.29, 1.82) is 0 Å². The van der Waals surface area contributed by atoms with E-state index in [2.05, 4.69) is 10.6 Å². The lowest BCUT2D eigenvalue weighted by atomic mass is 9.93. The third kappa shape index (κ3) is 4.64. The van der Waals surface area contributed by atoms with Gasteiger partial charge in [-0.1, -0.05) is 53.5 Å². The molecule has 2 N–H and O–H groups in total. The van der Waals surface area contributed by atoms with Gasteiger partial charge in [-0.05, 0) is 17.7 Å². The molecule has 0 unspecified atom stereocenters. The third-order valence-corrected chi connectivity index (χ3v) is 4.77. The largest absolute Gasteiger partial charge is 0.467 e. The van der Waals surface area contributed by atoms with Gasteiger partial charge in [0.15, 0.2) is 0 Å². The van der Waals surface area contributed by atoms with Crippen LogP contribution in [-0.4, -0.2) is 25.2 Å². The van der Waals surface area contributed by atoms with Gasteiger partial charge in [0.2, 0.25) is 0 Å². The van der Waals surface area contributed by atoms with E-state index in [1.54, 1.807) is 12.1 Å². The lowest BCUT2D eigenvalue weighted by Crippen LogP contribution is -2.41. The van der Waals surface area contributed by atoms with E-state index in [0.717, 1.165) is 5.56 Å². The second-order valence-corrected chi connectivity index (χ2v) is 6.91. The SMILES string of the molecule is COC(=O)[C@H]1C[C@H](NC(=O)OCc2ccccc2)c2c(Cl)cc(Cl)cc2N1. The Balaban J connectivity index is 1.76. The summed E-state index contributed by atoms with van der Waals surface area (Å²) in [5.41, 5.74) is 2.09. The molecular formula is C19H18Cl2N2O4. The first-order valence-corrected chi connectivity index (χ1v) is 9.04. The molecule has 1 aliphatic rings. The second kappa shape index (κ2) is 8.50. The molecule has 1 amide bonds. The number of carbonyl (C=O) groups excluding carboxylic acids is 2. The fourth-order valence-corrected chi connectivity index (χ4v) is 3.62. The van der Waals surface area contributed by atoms with E-state index < -0.39 is 24.1 Å². The number of esters is 1. The highest BCUT2D eigenvalue weighted by molar-refractivity contribution is 6.35. The number of halogens is 2. The summed E-state index contributed by atoms with van der Waals surface area (Å²) in [6.07, 6.45) is -0.340. The van der Waals surface area contributed by atoms with E-state index in [1.807, 2.05) is 30.3 Å². The minimum Gasteiger partial charge on any atom is -0.467 e. The summed E-state index contributed by atoms with van der Waals surface area (Å²) in [5, 5.41) is 6.64. The number of carbonyl (C=O) groups is 2. The highest BCUT2D eigenvalue weighted by Crippen LogP contribution is 2.40. The lowest BCUT2D eigenvalue weighted by Gasteiger charge is -2.32. The summed E-state index contributed by atoms with van der Waals surface area (Å²) < 4.78 is 10.1. The third-order valence-electron chi connectivity index (χ3n) is 4.23. The summed E-state index contributed by atoms with van der Waals surface area (Å²) in [5.74, 6) is -0.443. The van der Waals surface area contributed by atoms with E-state index in [4.69, 9.17) is 32.7 Å². The molecule has 0 spiro atoms. The summed E-state index contributed by atoms with van der Waals surface area (Å²) in [4.78, 5) is 24.3. The van der Waals surface area contributed by atoms with Gasteiger partial charge in [0.25, 0.3) is 0 Å². The molecule has 0 saturated heterocycles. The Kier molecular flexibility index (Phi) is 6.08. The molecule has 1 heterocycles. The molecule has 3 rings (SSSR count). The summed E-state index contributed by atoms with van der Waals surface area (Å²) in [6, 6.07) is 11.4. The van der Waals surface area contributed by atoms with E-state index in [9.17, 15) is 9.59 Å². The molecule has 0 saturated carbocycles. The maximum Gasteiger partial charge on any atom is 0.407 e. The van der Waals surface area contributed by atoms with Crippen molar-refractivity contribution in [3.8, 4) is 0 Å². The molecule has 8 heteroatoms. The first-order valence-electron chi connectivity index (χ1n) is 8.28. The molecule has 2 atom stereocenters. The van der Waals surface area contributed by atoms with Crippen LogP contribution in [0.15, 0.2) is 42.5 Å². The molecule has 0 fully saturated rings. The maximum atomic E-state index is 12.3. The van der Waals surface area contributed by atoms with Crippen LogP contribution in [0.1, 0.15) is 23.6 Å². The molecule has 6 nitrogen and oxygen atoms in total. The average molecular weight is 409 g/mol. The molecule has 1 aliphatic heterocycles. The summed E-state index contributed by atoms with van der Waals surface area (Å²) in [7, 11) is 1.31. The van der Waals surface area contributed by atoms with E-state index in [0.29, 0.717) is 21.3 Å². The van der Waals surface area contributed by atoms with E-state index in [-0.39, 0.29) is 13.0 Å². The number of amides is 1. The Labute approximate surface area is 166 Å². The van der Waals surface area contributed by atoms with Gasteiger partial charge in [-0.15, -0.1) is 0 Å². The minimum atomic E-state index is -0.642. The molecule has 142 valence electrons. The monoisotopic (exact) mass is 408 g/mol. The Hall–Kier alpha value is -2.44. The predicted octanol–water partition coefficient (Wildman–Crippen LogP) is 4.32. The number of hydrogen-bond acceptors (Lipinski definition) is 5. The van der Waals surface area contributed by atoms with Crippen LogP contribution in [0.4, 0.5) is 10.5 Å². The van der Waals surface area contributed by atoms with Gasteiger partial charge in [-0.25, -0.2) is 9.59 Å². The number of nitrogens with one attached hydrogen (secondary N) is 2. The van der Waals surface area contributed by atoms with Crippen LogP contribution in [0.25, 0.3) is 0 Å². The number of ether oxygens (including phenoxy) is 2. The zero-order chi connectivity index (χ0) is 19.4. The Morgan fingerprint density at radius 3 is 2.67 bits per heavy atom. The lowest BCUT2D eigenvalue weighted by molar-refractivity contribution is -0.141.